The Bertz CT molecular complexity index is 466. The van der Waals surface area contributed by atoms with Crippen molar-refractivity contribution in [3.05, 3.63) is 12.4 Å². The summed E-state index contributed by atoms with van der Waals surface area (Å²) in [6.07, 6.45) is 4.07. The molecule has 1 aromatic heterocycles. The lowest BCUT2D eigenvalue weighted by atomic mass is 10.3. The van der Waals surface area contributed by atoms with Gasteiger partial charge >= 0.3 is 6.03 Å². The summed E-state index contributed by atoms with van der Waals surface area (Å²) in [5.41, 5.74) is 0. The smallest absolute Gasteiger partial charge is 0.317 e. The number of rotatable bonds is 4. The van der Waals surface area contributed by atoms with E-state index in [0.29, 0.717) is 25.5 Å². The summed E-state index contributed by atoms with van der Waals surface area (Å²) < 4.78 is 5.80. The number of amides is 2. The third-order valence-corrected chi connectivity index (χ3v) is 3.11. The Hall–Kier alpha value is -2.05. The second-order valence-electron chi connectivity index (χ2n) is 4.92. The van der Waals surface area contributed by atoms with Crippen molar-refractivity contribution in [2.45, 2.75) is 19.4 Å². The number of anilines is 1. The highest BCUT2D eigenvalue weighted by Gasteiger charge is 2.27. The number of urea groups is 1. The Morgan fingerprint density at radius 3 is 3.05 bits per heavy atom. The third kappa shape index (κ3) is 3.49. The van der Waals surface area contributed by atoms with Crippen LogP contribution in [-0.2, 0) is 0 Å². The van der Waals surface area contributed by atoms with Crippen LogP contribution in [0.1, 0.15) is 13.3 Å². The molecule has 0 aliphatic carbocycles. The number of carbonyl (C=O) groups is 1. The van der Waals surface area contributed by atoms with Crippen LogP contribution in [0.5, 0.6) is 5.88 Å². The van der Waals surface area contributed by atoms with Crippen LogP contribution in [0.15, 0.2) is 12.4 Å². The number of likely N-dealkylation sites (tertiary alicyclic amines) is 1. The van der Waals surface area contributed by atoms with Gasteiger partial charge in [0.25, 0.3) is 0 Å². The maximum Gasteiger partial charge on any atom is 0.317 e. The second-order valence-corrected chi connectivity index (χ2v) is 4.92. The minimum atomic E-state index is -0.0354. The maximum absolute atomic E-state index is 11.7. The topological polar surface area (TPSA) is 70.6 Å². The van der Waals surface area contributed by atoms with E-state index in [1.54, 1.807) is 17.3 Å². The molecule has 0 saturated carbocycles. The van der Waals surface area contributed by atoms with Crippen molar-refractivity contribution in [1.82, 2.24) is 20.2 Å². The predicted octanol–water partition coefficient (Wildman–Crippen LogP) is 0.725. The van der Waals surface area contributed by atoms with Gasteiger partial charge in [0.1, 0.15) is 6.10 Å². The van der Waals surface area contributed by atoms with Crippen molar-refractivity contribution in [3.63, 3.8) is 0 Å². The van der Waals surface area contributed by atoms with Gasteiger partial charge in [-0.3, -0.25) is 4.98 Å². The van der Waals surface area contributed by atoms with Gasteiger partial charge in [0.05, 0.1) is 18.9 Å². The first-order chi connectivity index (χ1) is 9.60. The molecule has 7 heteroatoms. The quantitative estimate of drug-likeness (QED) is 0.879. The molecule has 2 amide bonds. The van der Waals surface area contributed by atoms with Gasteiger partial charge in [0.2, 0.25) is 5.88 Å². The summed E-state index contributed by atoms with van der Waals surface area (Å²) in [4.78, 5) is 23.8. The first kappa shape index (κ1) is 14.4. The molecule has 2 rings (SSSR count). The minimum absolute atomic E-state index is 0.0238. The Labute approximate surface area is 118 Å². The average Bonchev–Trinajstić information content (AvgIpc) is 2.88. The summed E-state index contributed by atoms with van der Waals surface area (Å²) in [6, 6.07) is -0.0354. The van der Waals surface area contributed by atoms with Gasteiger partial charge in [-0.25, -0.2) is 4.79 Å². The number of carbonyl (C=O) groups excluding carboxylic acids is 1. The van der Waals surface area contributed by atoms with Crippen LogP contribution in [-0.4, -0.2) is 60.7 Å². The molecule has 1 unspecified atom stereocenters. The van der Waals surface area contributed by atoms with Gasteiger partial charge in [-0.05, 0) is 6.92 Å². The minimum Gasteiger partial charge on any atom is -0.471 e. The van der Waals surface area contributed by atoms with E-state index < -0.39 is 0 Å². The molecule has 7 nitrogen and oxygen atoms in total. The number of hydrogen-bond donors (Lipinski definition) is 1. The SMILES string of the molecule is CCNC(=O)N1CCC(Oc2cncc(N(C)C)n2)C1. The number of nitrogens with zero attached hydrogens (tertiary/aromatic N) is 4. The number of hydrogen-bond acceptors (Lipinski definition) is 5. The molecule has 2 heterocycles. The van der Waals surface area contributed by atoms with Gasteiger partial charge < -0.3 is 19.9 Å². The van der Waals surface area contributed by atoms with E-state index in [2.05, 4.69) is 15.3 Å². The Balaban J connectivity index is 1.92. The zero-order valence-electron chi connectivity index (χ0n) is 12.2. The zero-order chi connectivity index (χ0) is 14.5. The fraction of sp³-hybridized carbons (Fsp3) is 0.615. The lowest BCUT2D eigenvalue weighted by molar-refractivity contribution is 0.183. The van der Waals surface area contributed by atoms with Gasteiger partial charge in [0, 0.05) is 33.6 Å². The highest BCUT2D eigenvalue weighted by molar-refractivity contribution is 5.74. The first-order valence-electron chi connectivity index (χ1n) is 6.79. The fourth-order valence-corrected chi connectivity index (χ4v) is 2.05. The molecule has 1 aromatic rings. The zero-order valence-corrected chi connectivity index (χ0v) is 12.2. The standard InChI is InChI=1S/C13H21N5O2/c1-4-15-13(19)18-6-5-10(9-18)20-12-8-14-7-11(16-12)17(2)3/h7-8,10H,4-6,9H2,1-3H3,(H,15,19). The van der Waals surface area contributed by atoms with Crippen LogP contribution in [0.3, 0.4) is 0 Å². The second kappa shape index (κ2) is 6.40. The van der Waals surface area contributed by atoms with Crippen molar-refractivity contribution in [2.24, 2.45) is 0 Å². The van der Waals surface area contributed by atoms with Gasteiger partial charge in [-0.2, -0.15) is 4.98 Å². The van der Waals surface area contributed by atoms with Crippen molar-refractivity contribution in [3.8, 4) is 5.88 Å². The van der Waals surface area contributed by atoms with Gasteiger partial charge in [-0.1, -0.05) is 0 Å². The third-order valence-electron chi connectivity index (χ3n) is 3.11. The maximum atomic E-state index is 11.7. The van der Waals surface area contributed by atoms with Crippen LogP contribution in [0.4, 0.5) is 10.6 Å². The monoisotopic (exact) mass is 279 g/mol. The molecular weight excluding hydrogens is 258 g/mol. The van der Waals surface area contributed by atoms with E-state index in [0.717, 1.165) is 12.2 Å². The van der Waals surface area contributed by atoms with Crippen LogP contribution < -0.4 is 15.0 Å². The number of aromatic nitrogens is 2. The molecule has 1 saturated heterocycles. The van der Waals surface area contributed by atoms with Crippen molar-refractivity contribution >= 4 is 11.8 Å². The van der Waals surface area contributed by atoms with Crippen molar-refractivity contribution < 1.29 is 9.53 Å². The molecular formula is C13H21N5O2. The van der Waals surface area contributed by atoms with E-state index in [-0.39, 0.29) is 12.1 Å². The van der Waals surface area contributed by atoms with E-state index in [1.807, 2.05) is 25.9 Å². The molecule has 0 radical (unpaired) electrons. The molecule has 1 aliphatic rings. The van der Waals surface area contributed by atoms with E-state index in [1.165, 1.54) is 0 Å². The molecule has 1 atom stereocenters. The average molecular weight is 279 g/mol. The molecule has 110 valence electrons. The van der Waals surface area contributed by atoms with Crippen LogP contribution >= 0.6 is 0 Å². The molecule has 0 bridgehead atoms. The van der Waals surface area contributed by atoms with E-state index >= 15 is 0 Å². The molecule has 1 fully saturated rings. The fourth-order valence-electron chi connectivity index (χ4n) is 2.05. The lowest BCUT2D eigenvalue weighted by Crippen LogP contribution is -2.39. The molecule has 0 spiro atoms. The number of ether oxygens (including phenoxy) is 1. The summed E-state index contributed by atoms with van der Waals surface area (Å²) >= 11 is 0. The highest BCUT2D eigenvalue weighted by atomic mass is 16.5. The Kier molecular flexibility index (Phi) is 4.60. The van der Waals surface area contributed by atoms with Crippen molar-refractivity contribution in [2.75, 3.05) is 38.6 Å². The predicted molar refractivity (Wildman–Crippen MR) is 76.0 cm³/mol. The summed E-state index contributed by atoms with van der Waals surface area (Å²) in [6.45, 7) is 3.83. The first-order valence-corrected chi connectivity index (χ1v) is 6.79. The molecule has 1 aliphatic heterocycles. The highest BCUT2D eigenvalue weighted by Crippen LogP contribution is 2.18. The van der Waals surface area contributed by atoms with Crippen LogP contribution in [0.2, 0.25) is 0 Å². The number of nitrogens with one attached hydrogen (secondary N) is 1. The van der Waals surface area contributed by atoms with E-state index in [4.69, 9.17) is 4.74 Å². The van der Waals surface area contributed by atoms with Gasteiger partial charge in [0.15, 0.2) is 5.82 Å². The van der Waals surface area contributed by atoms with E-state index in [9.17, 15) is 4.79 Å². The van der Waals surface area contributed by atoms with Crippen LogP contribution in [0.25, 0.3) is 0 Å². The summed E-state index contributed by atoms with van der Waals surface area (Å²) in [7, 11) is 3.81. The lowest BCUT2D eigenvalue weighted by Gasteiger charge is -2.17. The van der Waals surface area contributed by atoms with Crippen LogP contribution in [0, 0.1) is 0 Å². The Morgan fingerprint density at radius 2 is 2.35 bits per heavy atom. The largest absolute Gasteiger partial charge is 0.471 e. The normalized spacial score (nSPS) is 17.9. The summed E-state index contributed by atoms with van der Waals surface area (Å²) in [5, 5.41) is 2.79. The molecule has 1 N–H and O–H groups in total. The summed E-state index contributed by atoms with van der Waals surface area (Å²) in [5.74, 6) is 1.25. The Morgan fingerprint density at radius 1 is 1.55 bits per heavy atom. The van der Waals surface area contributed by atoms with Crippen molar-refractivity contribution in [1.29, 1.82) is 0 Å². The molecule has 0 aromatic carbocycles. The van der Waals surface area contributed by atoms with Gasteiger partial charge in [-0.15, -0.1) is 0 Å². The molecule has 20 heavy (non-hydrogen) atoms.